The largest absolute Gasteiger partial charge is 0.306 e. The molecule has 1 aromatic heterocycles. The second-order valence-corrected chi connectivity index (χ2v) is 6.33. The van der Waals surface area contributed by atoms with Crippen molar-refractivity contribution in [2.75, 3.05) is 0 Å². The molecule has 0 atom stereocenters. The van der Waals surface area contributed by atoms with Crippen molar-refractivity contribution in [2.24, 2.45) is 0 Å². The quantitative estimate of drug-likeness (QED) is 0.817. The molecule has 90 valence electrons. The van der Waals surface area contributed by atoms with Gasteiger partial charge in [0.15, 0.2) is 0 Å². The van der Waals surface area contributed by atoms with Crippen LogP contribution in [-0.4, -0.2) is 10.5 Å². The van der Waals surface area contributed by atoms with Gasteiger partial charge in [0, 0.05) is 23.4 Å². The van der Waals surface area contributed by atoms with Crippen molar-refractivity contribution >= 4 is 11.3 Å². The number of nitrogens with one attached hydrogen (secondary N) is 1. The van der Waals surface area contributed by atoms with Crippen molar-refractivity contribution in [3.8, 4) is 0 Å². The molecule has 0 radical (unpaired) electrons. The third kappa shape index (κ3) is 3.29. The SMILES string of the molecule is CCCC(C)(C)NCc1csc(C2CC2)n1. The van der Waals surface area contributed by atoms with E-state index in [1.165, 1.54) is 36.4 Å². The summed E-state index contributed by atoms with van der Waals surface area (Å²) in [5.41, 5.74) is 1.45. The summed E-state index contributed by atoms with van der Waals surface area (Å²) in [4.78, 5) is 4.69. The zero-order valence-corrected chi connectivity index (χ0v) is 11.4. The molecule has 0 aromatic carbocycles. The molecule has 1 heterocycles. The first kappa shape index (κ1) is 12.1. The second-order valence-electron chi connectivity index (χ2n) is 5.44. The summed E-state index contributed by atoms with van der Waals surface area (Å²) in [5.74, 6) is 0.794. The van der Waals surface area contributed by atoms with Crippen LogP contribution in [0.25, 0.3) is 0 Å². The number of aromatic nitrogens is 1. The average Bonchev–Trinajstić information content (AvgIpc) is 2.95. The number of rotatable bonds is 6. The maximum atomic E-state index is 4.69. The summed E-state index contributed by atoms with van der Waals surface area (Å²) in [7, 11) is 0. The van der Waals surface area contributed by atoms with E-state index in [0.717, 1.165) is 12.5 Å². The Kier molecular flexibility index (Phi) is 3.65. The molecule has 1 aliphatic carbocycles. The first-order chi connectivity index (χ1) is 7.61. The number of hydrogen-bond acceptors (Lipinski definition) is 3. The third-order valence-corrected chi connectivity index (χ3v) is 4.18. The first-order valence-corrected chi connectivity index (χ1v) is 7.18. The van der Waals surface area contributed by atoms with Gasteiger partial charge in [0.2, 0.25) is 0 Å². The molecule has 0 saturated heterocycles. The molecule has 1 aliphatic rings. The molecule has 1 fully saturated rings. The van der Waals surface area contributed by atoms with Gasteiger partial charge in [-0.2, -0.15) is 0 Å². The van der Waals surface area contributed by atoms with Crippen LogP contribution in [0.2, 0.25) is 0 Å². The van der Waals surface area contributed by atoms with Gasteiger partial charge in [-0.1, -0.05) is 13.3 Å². The van der Waals surface area contributed by atoms with Crippen LogP contribution in [0.3, 0.4) is 0 Å². The summed E-state index contributed by atoms with van der Waals surface area (Å²) in [6, 6.07) is 0. The third-order valence-electron chi connectivity index (χ3n) is 3.12. The zero-order chi connectivity index (χ0) is 11.6. The monoisotopic (exact) mass is 238 g/mol. The summed E-state index contributed by atoms with van der Waals surface area (Å²) in [6.45, 7) is 7.68. The van der Waals surface area contributed by atoms with Gasteiger partial charge in [-0.15, -0.1) is 11.3 Å². The Morgan fingerprint density at radius 1 is 1.50 bits per heavy atom. The van der Waals surface area contributed by atoms with Crippen LogP contribution in [0.15, 0.2) is 5.38 Å². The number of thiazole rings is 1. The lowest BCUT2D eigenvalue weighted by Gasteiger charge is -2.25. The molecule has 3 heteroatoms. The van der Waals surface area contributed by atoms with Gasteiger partial charge in [0.05, 0.1) is 10.7 Å². The van der Waals surface area contributed by atoms with Crippen LogP contribution in [0.1, 0.15) is 63.1 Å². The van der Waals surface area contributed by atoms with Gasteiger partial charge in [0.1, 0.15) is 0 Å². The molecule has 0 spiro atoms. The Hall–Kier alpha value is -0.410. The Morgan fingerprint density at radius 2 is 2.25 bits per heavy atom. The molecule has 1 N–H and O–H groups in total. The summed E-state index contributed by atoms with van der Waals surface area (Å²) < 4.78 is 0. The number of hydrogen-bond donors (Lipinski definition) is 1. The molecule has 16 heavy (non-hydrogen) atoms. The normalized spacial score (nSPS) is 16.7. The van der Waals surface area contributed by atoms with Gasteiger partial charge in [-0.3, -0.25) is 0 Å². The van der Waals surface area contributed by atoms with Gasteiger partial charge in [-0.05, 0) is 33.1 Å². The summed E-state index contributed by atoms with van der Waals surface area (Å²) >= 11 is 1.83. The van der Waals surface area contributed by atoms with E-state index in [-0.39, 0.29) is 5.54 Å². The summed E-state index contributed by atoms with van der Waals surface area (Å²) in [5, 5.41) is 7.16. The van der Waals surface area contributed by atoms with Crippen molar-refractivity contribution in [1.82, 2.24) is 10.3 Å². The maximum Gasteiger partial charge on any atom is 0.0959 e. The van der Waals surface area contributed by atoms with Crippen molar-refractivity contribution < 1.29 is 0 Å². The fourth-order valence-corrected chi connectivity index (χ4v) is 2.96. The van der Waals surface area contributed by atoms with E-state index in [9.17, 15) is 0 Å². The Balaban J connectivity index is 1.84. The van der Waals surface area contributed by atoms with Crippen molar-refractivity contribution in [3.05, 3.63) is 16.1 Å². The first-order valence-electron chi connectivity index (χ1n) is 6.30. The minimum Gasteiger partial charge on any atom is -0.306 e. The molecule has 1 aromatic rings. The van der Waals surface area contributed by atoms with Crippen LogP contribution in [-0.2, 0) is 6.54 Å². The van der Waals surface area contributed by atoms with Crippen molar-refractivity contribution in [1.29, 1.82) is 0 Å². The summed E-state index contributed by atoms with van der Waals surface area (Å²) in [6.07, 6.45) is 5.14. The zero-order valence-electron chi connectivity index (χ0n) is 10.5. The lowest BCUT2D eigenvalue weighted by atomic mass is 9.99. The van der Waals surface area contributed by atoms with Gasteiger partial charge in [-0.25, -0.2) is 4.98 Å². The molecule has 0 aliphatic heterocycles. The molecular weight excluding hydrogens is 216 g/mol. The van der Waals surface area contributed by atoms with Crippen LogP contribution >= 0.6 is 11.3 Å². The van der Waals surface area contributed by atoms with Crippen LogP contribution in [0, 0.1) is 0 Å². The van der Waals surface area contributed by atoms with Gasteiger partial charge in [0.25, 0.3) is 0 Å². The highest BCUT2D eigenvalue weighted by Gasteiger charge is 2.26. The lowest BCUT2D eigenvalue weighted by molar-refractivity contribution is 0.355. The number of nitrogens with zero attached hydrogens (tertiary/aromatic N) is 1. The fraction of sp³-hybridized carbons (Fsp3) is 0.769. The van der Waals surface area contributed by atoms with E-state index < -0.39 is 0 Å². The van der Waals surface area contributed by atoms with Crippen molar-refractivity contribution in [2.45, 2.75) is 64.5 Å². The van der Waals surface area contributed by atoms with E-state index in [0.29, 0.717) is 0 Å². The molecule has 0 unspecified atom stereocenters. The maximum absolute atomic E-state index is 4.69. The van der Waals surface area contributed by atoms with E-state index in [4.69, 9.17) is 4.98 Å². The standard InChI is InChI=1S/C13H22N2S/c1-4-7-13(2,3)14-8-11-9-16-12(15-11)10-5-6-10/h9-10,14H,4-8H2,1-3H3. The Labute approximate surface area is 102 Å². The molecular formula is C13H22N2S. The minimum atomic E-state index is 0.234. The molecule has 2 nitrogen and oxygen atoms in total. The van der Waals surface area contributed by atoms with Crippen LogP contribution < -0.4 is 5.32 Å². The Morgan fingerprint density at radius 3 is 2.88 bits per heavy atom. The van der Waals surface area contributed by atoms with E-state index in [1.54, 1.807) is 0 Å². The predicted octanol–water partition coefficient (Wildman–Crippen LogP) is 3.69. The minimum absolute atomic E-state index is 0.234. The molecule has 2 rings (SSSR count). The highest BCUT2D eigenvalue weighted by atomic mass is 32.1. The van der Waals surface area contributed by atoms with Gasteiger partial charge >= 0.3 is 0 Å². The van der Waals surface area contributed by atoms with E-state index >= 15 is 0 Å². The fourth-order valence-electron chi connectivity index (χ4n) is 1.96. The highest BCUT2D eigenvalue weighted by Crippen LogP contribution is 2.41. The predicted molar refractivity (Wildman–Crippen MR) is 69.9 cm³/mol. The smallest absolute Gasteiger partial charge is 0.0959 e. The second kappa shape index (κ2) is 4.84. The topological polar surface area (TPSA) is 24.9 Å². The Bertz CT molecular complexity index is 339. The van der Waals surface area contributed by atoms with Crippen LogP contribution in [0.4, 0.5) is 0 Å². The van der Waals surface area contributed by atoms with Crippen molar-refractivity contribution in [3.63, 3.8) is 0 Å². The average molecular weight is 238 g/mol. The van der Waals surface area contributed by atoms with Gasteiger partial charge < -0.3 is 5.32 Å². The molecule has 0 amide bonds. The van der Waals surface area contributed by atoms with Crippen LogP contribution in [0.5, 0.6) is 0 Å². The molecule has 1 saturated carbocycles. The van der Waals surface area contributed by atoms with E-state index in [1.807, 2.05) is 11.3 Å². The molecule has 0 bridgehead atoms. The highest BCUT2D eigenvalue weighted by molar-refractivity contribution is 7.09. The van der Waals surface area contributed by atoms with E-state index in [2.05, 4.69) is 31.5 Å². The lowest BCUT2D eigenvalue weighted by Crippen LogP contribution is -2.38.